The smallest absolute Gasteiger partial charge is 0.111 e. The third kappa shape index (κ3) is 1.34. The van der Waals surface area contributed by atoms with Crippen LogP contribution in [-0.4, -0.2) is 20.1 Å². The molecular weight excluding hydrogens is 154 g/mol. The molecule has 1 heterocycles. The lowest BCUT2D eigenvalue weighted by Crippen LogP contribution is -2.04. The first-order valence-corrected chi connectivity index (χ1v) is 4.31. The first-order chi connectivity index (χ1) is 5.81. The number of rotatable bonds is 3. The van der Waals surface area contributed by atoms with Crippen LogP contribution in [0.5, 0.6) is 0 Å². The van der Waals surface area contributed by atoms with Crippen molar-refractivity contribution in [2.24, 2.45) is 5.92 Å². The Labute approximate surface area is 71.2 Å². The van der Waals surface area contributed by atoms with Crippen molar-refractivity contribution in [3.63, 3.8) is 0 Å². The molecule has 0 aromatic carbocycles. The molecule has 1 saturated carbocycles. The predicted octanol–water partition coefficient (Wildman–Crippen LogP) is 0.489. The van der Waals surface area contributed by atoms with Gasteiger partial charge in [-0.05, 0) is 25.7 Å². The van der Waals surface area contributed by atoms with Gasteiger partial charge in [0.15, 0.2) is 0 Å². The van der Waals surface area contributed by atoms with E-state index in [4.69, 9.17) is 5.11 Å². The van der Waals surface area contributed by atoms with Crippen molar-refractivity contribution >= 4 is 0 Å². The number of aromatic nitrogens is 3. The fourth-order valence-corrected chi connectivity index (χ4v) is 1.26. The van der Waals surface area contributed by atoms with Crippen molar-refractivity contribution in [3.8, 4) is 0 Å². The van der Waals surface area contributed by atoms with Crippen LogP contribution in [0.15, 0.2) is 0 Å². The van der Waals surface area contributed by atoms with Crippen molar-refractivity contribution in [2.75, 3.05) is 0 Å². The highest BCUT2D eigenvalue weighted by Crippen LogP contribution is 2.30. The number of hydrogen-bond acceptors (Lipinski definition) is 3. The number of aliphatic hydroxyl groups excluding tert-OH is 1. The molecule has 4 nitrogen and oxygen atoms in total. The van der Waals surface area contributed by atoms with Crippen molar-refractivity contribution in [3.05, 3.63) is 11.4 Å². The Hall–Kier alpha value is -0.900. The molecule has 66 valence electrons. The minimum Gasteiger partial charge on any atom is -0.390 e. The number of hydrogen-bond donors (Lipinski definition) is 1. The summed E-state index contributed by atoms with van der Waals surface area (Å²) in [6.45, 7) is 2.92. The number of aliphatic hydroxyl groups is 1. The molecule has 1 fully saturated rings. The van der Waals surface area contributed by atoms with Crippen LogP contribution in [0.1, 0.15) is 24.2 Å². The first kappa shape index (κ1) is 7.73. The Morgan fingerprint density at radius 2 is 2.33 bits per heavy atom. The summed E-state index contributed by atoms with van der Waals surface area (Å²) in [5.41, 5.74) is 1.71. The van der Waals surface area contributed by atoms with E-state index >= 15 is 0 Å². The van der Waals surface area contributed by atoms with E-state index in [9.17, 15) is 0 Å². The Morgan fingerprint density at radius 1 is 1.58 bits per heavy atom. The van der Waals surface area contributed by atoms with Crippen molar-refractivity contribution < 1.29 is 5.11 Å². The molecule has 0 aliphatic heterocycles. The second kappa shape index (κ2) is 2.86. The van der Waals surface area contributed by atoms with Crippen LogP contribution in [0, 0.1) is 12.8 Å². The second-order valence-electron chi connectivity index (χ2n) is 3.41. The minimum atomic E-state index is -0.00347. The molecule has 1 aromatic heterocycles. The summed E-state index contributed by atoms with van der Waals surface area (Å²) < 4.78 is 1.89. The van der Waals surface area contributed by atoms with Crippen molar-refractivity contribution in [2.45, 2.75) is 32.9 Å². The monoisotopic (exact) mass is 167 g/mol. The van der Waals surface area contributed by atoms with Gasteiger partial charge >= 0.3 is 0 Å². The van der Waals surface area contributed by atoms with Gasteiger partial charge in [0.2, 0.25) is 0 Å². The molecule has 0 radical (unpaired) electrons. The van der Waals surface area contributed by atoms with Crippen LogP contribution in [0.2, 0.25) is 0 Å². The minimum absolute atomic E-state index is 0.00347. The maximum absolute atomic E-state index is 8.87. The fourth-order valence-electron chi connectivity index (χ4n) is 1.26. The molecule has 0 amide bonds. The fraction of sp³-hybridized carbons (Fsp3) is 0.750. The lowest BCUT2D eigenvalue weighted by Gasteiger charge is -2.00. The molecule has 1 aliphatic rings. The van der Waals surface area contributed by atoms with Gasteiger partial charge in [0.05, 0.1) is 12.3 Å². The molecule has 4 heteroatoms. The lowest BCUT2D eigenvalue weighted by molar-refractivity contribution is 0.276. The van der Waals surface area contributed by atoms with Gasteiger partial charge in [-0.1, -0.05) is 5.21 Å². The quantitative estimate of drug-likeness (QED) is 0.712. The van der Waals surface area contributed by atoms with Gasteiger partial charge in [-0.15, -0.1) is 5.10 Å². The van der Waals surface area contributed by atoms with Crippen LogP contribution in [-0.2, 0) is 13.2 Å². The third-order valence-electron chi connectivity index (χ3n) is 2.36. The van der Waals surface area contributed by atoms with E-state index in [-0.39, 0.29) is 6.61 Å². The number of nitrogens with zero attached hydrogens (tertiary/aromatic N) is 3. The van der Waals surface area contributed by atoms with E-state index in [0.717, 1.165) is 18.2 Å². The highest BCUT2D eigenvalue weighted by Gasteiger charge is 2.23. The van der Waals surface area contributed by atoms with Crippen molar-refractivity contribution in [1.82, 2.24) is 15.0 Å². The van der Waals surface area contributed by atoms with E-state index in [1.54, 1.807) is 0 Å². The summed E-state index contributed by atoms with van der Waals surface area (Å²) in [6, 6.07) is 0. The third-order valence-corrected chi connectivity index (χ3v) is 2.36. The summed E-state index contributed by atoms with van der Waals surface area (Å²) >= 11 is 0. The summed E-state index contributed by atoms with van der Waals surface area (Å²) in [4.78, 5) is 0. The molecule has 0 bridgehead atoms. The summed E-state index contributed by atoms with van der Waals surface area (Å²) in [7, 11) is 0. The van der Waals surface area contributed by atoms with E-state index in [1.807, 2.05) is 11.6 Å². The van der Waals surface area contributed by atoms with Gasteiger partial charge in [0.1, 0.15) is 5.69 Å². The highest BCUT2D eigenvalue weighted by atomic mass is 16.3. The highest BCUT2D eigenvalue weighted by molar-refractivity contribution is 5.06. The average Bonchev–Trinajstić information content (AvgIpc) is 2.80. The van der Waals surface area contributed by atoms with Gasteiger partial charge < -0.3 is 5.11 Å². The van der Waals surface area contributed by atoms with Crippen LogP contribution >= 0.6 is 0 Å². The topological polar surface area (TPSA) is 50.9 Å². The molecule has 1 aromatic rings. The lowest BCUT2D eigenvalue weighted by atomic mass is 10.3. The van der Waals surface area contributed by atoms with Gasteiger partial charge in [-0.2, -0.15) is 0 Å². The van der Waals surface area contributed by atoms with Crippen LogP contribution in [0.25, 0.3) is 0 Å². The standard InChI is InChI=1S/C8H13N3O/c1-6-8(5-12)9-10-11(6)4-7-2-3-7/h7,12H,2-5H2,1H3. The largest absolute Gasteiger partial charge is 0.390 e. The van der Waals surface area contributed by atoms with E-state index in [2.05, 4.69) is 10.3 Å². The van der Waals surface area contributed by atoms with Crippen LogP contribution in [0.3, 0.4) is 0 Å². The zero-order valence-electron chi connectivity index (χ0n) is 7.19. The second-order valence-corrected chi connectivity index (χ2v) is 3.41. The Morgan fingerprint density at radius 3 is 2.83 bits per heavy atom. The average molecular weight is 167 g/mol. The maximum atomic E-state index is 8.87. The maximum Gasteiger partial charge on any atom is 0.111 e. The predicted molar refractivity (Wildman–Crippen MR) is 43.4 cm³/mol. The van der Waals surface area contributed by atoms with Gasteiger partial charge in [-0.3, -0.25) is 0 Å². The zero-order valence-corrected chi connectivity index (χ0v) is 7.19. The molecule has 0 unspecified atom stereocenters. The Kier molecular flexibility index (Phi) is 1.84. The molecule has 0 spiro atoms. The molecule has 0 saturated heterocycles. The van der Waals surface area contributed by atoms with E-state index < -0.39 is 0 Å². The molecular formula is C8H13N3O. The Bertz CT molecular complexity index is 278. The van der Waals surface area contributed by atoms with Crippen molar-refractivity contribution in [1.29, 1.82) is 0 Å². The van der Waals surface area contributed by atoms with E-state index in [0.29, 0.717) is 5.69 Å². The summed E-state index contributed by atoms with van der Waals surface area (Å²) in [5, 5.41) is 16.7. The SMILES string of the molecule is Cc1c(CO)nnn1CC1CC1. The Balaban J connectivity index is 2.13. The molecule has 1 aliphatic carbocycles. The molecule has 1 N–H and O–H groups in total. The van der Waals surface area contributed by atoms with Crippen LogP contribution in [0.4, 0.5) is 0 Å². The van der Waals surface area contributed by atoms with Crippen LogP contribution < -0.4 is 0 Å². The normalized spacial score (nSPS) is 16.8. The zero-order chi connectivity index (χ0) is 8.55. The van der Waals surface area contributed by atoms with Gasteiger partial charge in [-0.25, -0.2) is 4.68 Å². The van der Waals surface area contributed by atoms with E-state index in [1.165, 1.54) is 12.8 Å². The summed E-state index contributed by atoms with van der Waals surface area (Å²) in [5.74, 6) is 0.803. The first-order valence-electron chi connectivity index (χ1n) is 4.31. The van der Waals surface area contributed by atoms with Gasteiger partial charge in [0, 0.05) is 6.54 Å². The summed E-state index contributed by atoms with van der Waals surface area (Å²) in [6.07, 6.45) is 2.63. The molecule has 2 rings (SSSR count). The molecule has 12 heavy (non-hydrogen) atoms. The molecule has 0 atom stereocenters. The van der Waals surface area contributed by atoms with Gasteiger partial charge in [0.25, 0.3) is 0 Å².